The highest BCUT2D eigenvalue weighted by Crippen LogP contribution is 2.34. The Kier molecular flexibility index (Phi) is 3.15. The molecule has 0 spiro atoms. The summed E-state index contributed by atoms with van der Waals surface area (Å²) in [6.07, 6.45) is 2.90. The molecular formula is C16H14FN3S. The van der Waals surface area contributed by atoms with E-state index >= 15 is 0 Å². The van der Waals surface area contributed by atoms with Gasteiger partial charge in [-0.15, -0.1) is 0 Å². The highest BCUT2D eigenvalue weighted by Gasteiger charge is 2.24. The summed E-state index contributed by atoms with van der Waals surface area (Å²) >= 11 is 1.95. The van der Waals surface area contributed by atoms with Crippen molar-refractivity contribution in [3.63, 3.8) is 0 Å². The van der Waals surface area contributed by atoms with Crippen LogP contribution in [0.25, 0.3) is 22.6 Å². The van der Waals surface area contributed by atoms with Gasteiger partial charge in [0, 0.05) is 23.6 Å². The molecular weight excluding hydrogens is 285 g/mol. The number of fused-ring (bicyclic) bond motifs is 1. The number of imidazole rings is 1. The monoisotopic (exact) mass is 299 g/mol. The van der Waals surface area contributed by atoms with Gasteiger partial charge in [-0.3, -0.25) is 0 Å². The Hall–Kier alpha value is -1.88. The van der Waals surface area contributed by atoms with E-state index in [4.69, 9.17) is 4.98 Å². The Morgan fingerprint density at radius 2 is 2.19 bits per heavy atom. The van der Waals surface area contributed by atoms with Crippen LogP contribution in [0.5, 0.6) is 0 Å². The quantitative estimate of drug-likeness (QED) is 0.718. The Morgan fingerprint density at radius 3 is 3.00 bits per heavy atom. The minimum absolute atomic E-state index is 0.236. The van der Waals surface area contributed by atoms with Gasteiger partial charge in [0.05, 0.1) is 0 Å². The van der Waals surface area contributed by atoms with E-state index in [0.717, 1.165) is 40.5 Å². The molecule has 0 amide bonds. The lowest BCUT2D eigenvalue weighted by Gasteiger charge is -2.15. The van der Waals surface area contributed by atoms with Gasteiger partial charge in [-0.05, 0) is 36.4 Å². The second-order valence-corrected chi connectivity index (χ2v) is 6.33. The number of pyridine rings is 1. The lowest BCUT2D eigenvalue weighted by atomic mass is 10.2. The van der Waals surface area contributed by atoms with Crippen molar-refractivity contribution in [2.75, 3.05) is 11.5 Å². The van der Waals surface area contributed by atoms with Crippen LogP contribution in [-0.4, -0.2) is 26.0 Å². The molecule has 4 rings (SSSR count). The Balaban J connectivity index is 1.97. The zero-order chi connectivity index (χ0) is 14.2. The van der Waals surface area contributed by atoms with Gasteiger partial charge in [-0.1, -0.05) is 12.1 Å². The molecule has 0 aliphatic carbocycles. The average molecular weight is 299 g/mol. The van der Waals surface area contributed by atoms with E-state index in [1.54, 1.807) is 18.3 Å². The standard InChI is InChI=1S/C16H14FN3S/c17-12-4-1-3-11(9-12)15-19-14-5-2-7-18-16(14)20(15)13-6-8-21-10-13/h1-5,7,9,13H,6,8,10H2. The molecule has 21 heavy (non-hydrogen) atoms. The Bertz CT molecular complexity index is 793. The van der Waals surface area contributed by atoms with Crippen LogP contribution in [0.3, 0.4) is 0 Å². The Morgan fingerprint density at radius 1 is 1.24 bits per heavy atom. The van der Waals surface area contributed by atoms with Gasteiger partial charge in [0.2, 0.25) is 0 Å². The van der Waals surface area contributed by atoms with E-state index in [1.165, 1.54) is 6.07 Å². The molecule has 106 valence electrons. The molecule has 5 heteroatoms. The molecule has 3 nitrogen and oxygen atoms in total. The molecule has 3 heterocycles. The van der Waals surface area contributed by atoms with Gasteiger partial charge in [-0.2, -0.15) is 11.8 Å². The van der Waals surface area contributed by atoms with Gasteiger partial charge >= 0.3 is 0 Å². The fourth-order valence-corrected chi connectivity index (χ4v) is 4.03. The summed E-state index contributed by atoms with van der Waals surface area (Å²) in [5, 5.41) is 0. The van der Waals surface area contributed by atoms with E-state index in [9.17, 15) is 4.39 Å². The number of rotatable bonds is 2. The second kappa shape index (κ2) is 5.15. The molecule has 0 saturated carbocycles. The summed E-state index contributed by atoms with van der Waals surface area (Å²) in [4.78, 5) is 9.18. The van der Waals surface area contributed by atoms with Crippen molar-refractivity contribution in [2.24, 2.45) is 0 Å². The van der Waals surface area contributed by atoms with Crippen LogP contribution in [0.15, 0.2) is 42.6 Å². The van der Waals surface area contributed by atoms with Crippen molar-refractivity contribution < 1.29 is 4.39 Å². The van der Waals surface area contributed by atoms with Crippen LogP contribution in [0, 0.1) is 5.82 Å². The predicted octanol–water partition coefficient (Wildman–Crippen LogP) is 3.92. The van der Waals surface area contributed by atoms with E-state index in [1.807, 2.05) is 30.0 Å². The van der Waals surface area contributed by atoms with Crippen molar-refractivity contribution in [3.05, 3.63) is 48.4 Å². The number of nitrogens with zero attached hydrogens (tertiary/aromatic N) is 3. The molecule has 0 bridgehead atoms. The van der Waals surface area contributed by atoms with Gasteiger partial charge in [-0.25, -0.2) is 14.4 Å². The molecule has 1 fully saturated rings. The Labute approximate surface area is 126 Å². The number of thioether (sulfide) groups is 1. The van der Waals surface area contributed by atoms with E-state index in [0.29, 0.717) is 6.04 Å². The minimum atomic E-state index is -0.236. The zero-order valence-corrected chi connectivity index (χ0v) is 12.2. The van der Waals surface area contributed by atoms with Crippen LogP contribution >= 0.6 is 11.8 Å². The van der Waals surface area contributed by atoms with Crippen LogP contribution in [-0.2, 0) is 0 Å². The summed E-state index contributed by atoms with van der Waals surface area (Å²) in [5.74, 6) is 2.79. The molecule has 1 aliphatic heterocycles. The van der Waals surface area contributed by atoms with Gasteiger partial charge in [0.1, 0.15) is 17.2 Å². The summed E-state index contributed by atoms with van der Waals surface area (Å²) in [6, 6.07) is 10.9. The summed E-state index contributed by atoms with van der Waals surface area (Å²) in [6.45, 7) is 0. The largest absolute Gasteiger partial charge is 0.305 e. The first kappa shape index (κ1) is 12.8. The van der Waals surface area contributed by atoms with E-state index < -0.39 is 0 Å². The van der Waals surface area contributed by atoms with Crippen LogP contribution < -0.4 is 0 Å². The molecule has 2 aromatic heterocycles. The third-order valence-electron chi connectivity index (χ3n) is 3.80. The lowest BCUT2D eigenvalue weighted by molar-refractivity contribution is 0.576. The summed E-state index contributed by atoms with van der Waals surface area (Å²) < 4.78 is 15.7. The van der Waals surface area contributed by atoms with Crippen molar-refractivity contribution in [2.45, 2.75) is 12.5 Å². The first-order valence-corrected chi connectivity index (χ1v) is 8.15. The number of benzene rings is 1. The minimum Gasteiger partial charge on any atom is -0.305 e. The first-order chi connectivity index (χ1) is 10.3. The highest BCUT2D eigenvalue weighted by atomic mass is 32.2. The maximum Gasteiger partial charge on any atom is 0.160 e. The zero-order valence-electron chi connectivity index (χ0n) is 11.4. The van der Waals surface area contributed by atoms with Crippen molar-refractivity contribution in [1.29, 1.82) is 0 Å². The molecule has 1 aromatic carbocycles. The van der Waals surface area contributed by atoms with Crippen molar-refractivity contribution in [1.82, 2.24) is 14.5 Å². The van der Waals surface area contributed by atoms with E-state index in [2.05, 4.69) is 9.55 Å². The summed E-state index contributed by atoms with van der Waals surface area (Å²) in [7, 11) is 0. The highest BCUT2D eigenvalue weighted by molar-refractivity contribution is 7.99. The van der Waals surface area contributed by atoms with Gasteiger partial charge < -0.3 is 4.57 Å². The number of halogens is 1. The second-order valence-electron chi connectivity index (χ2n) is 5.18. The van der Waals surface area contributed by atoms with Crippen molar-refractivity contribution >= 4 is 22.9 Å². The smallest absolute Gasteiger partial charge is 0.160 e. The lowest BCUT2D eigenvalue weighted by Crippen LogP contribution is -2.10. The molecule has 1 unspecified atom stereocenters. The maximum absolute atomic E-state index is 13.6. The first-order valence-electron chi connectivity index (χ1n) is 6.99. The molecule has 1 aliphatic rings. The van der Waals surface area contributed by atoms with E-state index in [-0.39, 0.29) is 5.82 Å². The van der Waals surface area contributed by atoms with Gasteiger partial charge in [0.15, 0.2) is 5.65 Å². The fraction of sp³-hybridized carbons (Fsp3) is 0.250. The number of aromatic nitrogens is 3. The third-order valence-corrected chi connectivity index (χ3v) is 4.95. The number of hydrogen-bond donors (Lipinski definition) is 0. The SMILES string of the molecule is Fc1cccc(-c2nc3cccnc3n2C2CCSC2)c1. The van der Waals surface area contributed by atoms with Crippen LogP contribution in [0.4, 0.5) is 4.39 Å². The average Bonchev–Trinajstić information content (AvgIpc) is 3.14. The van der Waals surface area contributed by atoms with Gasteiger partial charge in [0.25, 0.3) is 0 Å². The third kappa shape index (κ3) is 2.21. The fourth-order valence-electron chi connectivity index (χ4n) is 2.83. The molecule has 1 atom stereocenters. The van der Waals surface area contributed by atoms with Crippen LogP contribution in [0.1, 0.15) is 12.5 Å². The maximum atomic E-state index is 13.6. The molecule has 0 radical (unpaired) electrons. The normalized spacial score (nSPS) is 18.4. The molecule has 3 aromatic rings. The summed E-state index contributed by atoms with van der Waals surface area (Å²) in [5.41, 5.74) is 2.57. The topological polar surface area (TPSA) is 30.7 Å². The predicted molar refractivity (Wildman–Crippen MR) is 83.9 cm³/mol. The molecule has 1 saturated heterocycles. The molecule has 0 N–H and O–H groups in total. The van der Waals surface area contributed by atoms with Crippen molar-refractivity contribution in [3.8, 4) is 11.4 Å². The number of hydrogen-bond acceptors (Lipinski definition) is 3. The van der Waals surface area contributed by atoms with Crippen LogP contribution in [0.2, 0.25) is 0 Å².